The average Bonchev–Trinajstić information content (AvgIpc) is 2.68. The summed E-state index contributed by atoms with van der Waals surface area (Å²) in [4.78, 5) is 13.7. The molecule has 4 nitrogen and oxygen atoms in total. The lowest BCUT2D eigenvalue weighted by molar-refractivity contribution is 0.0366. The molecule has 96 valence electrons. The van der Waals surface area contributed by atoms with Gasteiger partial charge in [0.1, 0.15) is 5.60 Å². The molecule has 2 saturated heterocycles. The van der Waals surface area contributed by atoms with Crippen LogP contribution in [0.25, 0.3) is 0 Å². The van der Waals surface area contributed by atoms with Crippen molar-refractivity contribution in [3.8, 4) is 0 Å². The lowest BCUT2D eigenvalue weighted by atomic mass is 9.94. The van der Waals surface area contributed by atoms with Gasteiger partial charge in [0.2, 0.25) is 0 Å². The van der Waals surface area contributed by atoms with Crippen molar-refractivity contribution in [3.05, 3.63) is 28.7 Å². The molecule has 0 saturated carbocycles. The molecule has 2 fully saturated rings. The van der Waals surface area contributed by atoms with E-state index in [9.17, 15) is 4.79 Å². The van der Waals surface area contributed by atoms with Crippen molar-refractivity contribution >= 4 is 27.7 Å². The van der Waals surface area contributed by atoms with E-state index in [0.29, 0.717) is 6.54 Å². The van der Waals surface area contributed by atoms with Crippen molar-refractivity contribution in [2.24, 2.45) is 0 Å². The Labute approximate surface area is 114 Å². The summed E-state index contributed by atoms with van der Waals surface area (Å²) in [6.45, 7) is 2.41. The number of anilines is 1. The summed E-state index contributed by atoms with van der Waals surface area (Å²) < 4.78 is 6.61. The largest absolute Gasteiger partial charge is 0.439 e. The highest BCUT2D eigenvalue weighted by Crippen LogP contribution is 2.32. The minimum Gasteiger partial charge on any atom is -0.439 e. The fourth-order valence-electron chi connectivity index (χ4n) is 2.61. The van der Waals surface area contributed by atoms with Crippen molar-refractivity contribution in [2.75, 3.05) is 24.5 Å². The highest BCUT2D eigenvalue weighted by molar-refractivity contribution is 9.10. The number of ether oxygens (including phenoxy) is 1. The van der Waals surface area contributed by atoms with Crippen molar-refractivity contribution in [1.29, 1.82) is 0 Å². The van der Waals surface area contributed by atoms with Gasteiger partial charge in [0.25, 0.3) is 0 Å². The van der Waals surface area contributed by atoms with Gasteiger partial charge in [-0.15, -0.1) is 0 Å². The summed E-state index contributed by atoms with van der Waals surface area (Å²) >= 11 is 3.39. The van der Waals surface area contributed by atoms with Crippen LogP contribution in [0.3, 0.4) is 0 Å². The van der Waals surface area contributed by atoms with Crippen LogP contribution in [-0.4, -0.2) is 31.3 Å². The van der Waals surface area contributed by atoms with Crippen LogP contribution in [0.5, 0.6) is 0 Å². The molecule has 0 bridgehead atoms. The van der Waals surface area contributed by atoms with Crippen molar-refractivity contribution in [3.63, 3.8) is 0 Å². The molecule has 1 atom stereocenters. The van der Waals surface area contributed by atoms with E-state index in [2.05, 4.69) is 21.2 Å². The van der Waals surface area contributed by atoms with Gasteiger partial charge in [0.05, 0.1) is 6.54 Å². The summed E-state index contributed by atoms with van der Waals surface area (Å²) in [6, 6.07) is 7.74. The van der Waals surface area contributed by atoms with E-state index in [1.54, 1.807) is 4.90 Å². The summed E-state index contributed by atoms with van der Waals surface area (Å²) in [7, 11) is 0. The SMILES string of the molecule is O=C1OC2(CCCNC2)CN1c1ccc(Br)cc1. The van der Waals surface area contributed by atoms with Gasteiger partial charge < -0.3 is 10.1 Å². The monoisotopic (exact) mass is 310 g/mol. The van der Waals surface area contributed by atoms with E-state index in [1.165, 1.54) is 0 Å². The normalized spacial score (nSPS) is 27.6. The zero-order chi connectivity index (χ0) is 12.6. The Kier molecular flexibility index (Phi) is 3.03. The Morgan fingerprint density at radius 3 is 2.78 bits per heavy atom. The average molecular weight is 311 g/mol. The molecule has 2 heterocycles. The molecule has 0 aliphatic carbocycles. The zero-order valence-corrected chi connectivity index (χ0v) is 11.6. The molecule has 2 aliphatic heterocycles. The molecule has 1 amide bonds. The Hall–Kier alpha value is -1.07. The van der Waals surface area contributed by atoms with E-state index in [0.717, 1.165) is 36.1 Å². The van der Waals surface area contributed by atoms with Gasteiger partial charge in [-0.2, -0.15) is 0 Å². The molecule has 3 rings (SSSR count). The first-order valence-electron chi connectivity index (χ1n) is 6.15. The minimum atomic E-state index is -0.331. The summed E-state index contributed by atoms with van der Waals surface area (Å²) in [6.07, 6.45) is 1.77. The van der Waals surface area contributed by atoms with Gasteiger partial charge in [0, 0.05) is 16.7 Å². The van der Waals surface area contributed by atoms with Gasteiger partial charge >= 0.3 is 6.09 Å². The standard InChI is InChI=1S/C13H15BrN2O2/c14-10-2-4-11(5-3-10)16-9-13(18-12(16)17)6-1-7-15-8-13/h2-5,15H,1,6-9H2. The van der Waals surface area contributed by atoms with Crippen molar-refractivity contribution in [1.82, 2.24) is 5.32 Å². The number of benzene rings is 1. The molecule has 1 spiro atoms. The van der Waals surface area contributed by atoms with Crippen LogP contribution in [-0.2, 0) is 4.74 Å². The first kappa shape index (κ1) is 12.0. The van der Waals surface area contributed by atoms with Crippen LogP contribution in [0, 0.1) is 0 Å². The van der Waals surface area contributed by atoms with E-state index in [1.807, 2.05) is 24.3 Å². The van der Waals surface area contributed by atoms with Crippen LogP contribution in [0.4, 0.5) is 10.5 Å². The first-order valence-corrected chi connectivity index (χ1v) is 6.95. The lowest BCUT2D eigenvalue weighted by Gasteiger charge is -2.31. The predicted octanol–water partition coefficient (Wildman–Crippen LogP) is 2.53. The first-order chi connectivity index (χ1) is 8.69. The molecule has 18 heavy (non-hydrogen) atoms. The third-order valence-electron chi connectivity index (χ3n) is 3.54. The maximum absolute atomic E-state index is 12.0. The topological polar surface area (TPSA) is 41.6 Å². The second-order valence-corrected chi connectivity index (χ2v) is 5.81. The summed E-state index contributed by atoms with van der Waals surface area (Å²) in [5.41, 5.74) is 0.563. The highest BCUT2D eigenvalue weighted by atomic mass is 79.9. The maximum Gasteiger partial charge on any atom is 0.415 e. The fraction of sp³-hybridized carbons (Fsp3) is 0.462. The Balaban J connectivity index is 1.82. The van der Waals surface area contributed by atoms with Gasteiger partial charge in [-0.3, -0.25) is 4.90 Å². The van der Waals surface area contributed by atoms with Crippen molar-refractivity contribution < 1.29 is 9.53 Å². The molecule has 2 aliphatic rings. The molecular formula is C13H15BrN2O2. The Morgan fingerprint density at radius 1 is 1.33 bits per heavy atom. The number of halogens is 1. The number of hydrogen-bond donors (Lipinski definition) is 1. The molecule has 5 heteroatoms. The fourth-order valence-corrected chi connectivity index (χ4v) is 2.87. The molecule has 1 aromatic carbocycles. The zero-order valence-electron chi connectivity index (χ0n) is 9.99. The quantitative estimate of drug-likeness (QED) is 0.866. The lowest BCUT2D eigenvalue weighted by Crippen LogP contribution is -2.48. The van der Waals surface area contributed by atoms with Crippen LogP contribution in [0.1, 0.15) is 12.8 Å². The molecular weight excluding hydrogens is 296 g/mol. The van der Waals surface area contributed by atoms with Gasteiger partial charge in [-0.1, -0.05) is 15.9 Å². The van der Waals surface area contributed by atoms with E-state index in [4.69, 9.17) is 4.74 Å². The van der Waals surface area contributed by atoms with Gasteiger partial charge in [-0.25, -0.2) is 4.79 Å². The number of nitrogens with one attached hydrogen (secondary N) is 1. The van der Waals surface area contributed by atoms with Gasteiger partial charge in [-0.05, 0) is 43.7 Å². The van der Waals surface area contributed by atoms with E-state index < -0.39 is 0 Å². The summed E-state index contributed by atoms with van der Waals surface area (Å²) in [5.74, 6) is 0. The number of hydrogen-bond acceptors (Lipinski definition) is 3. The molecule has 1 unspecified atom stereocenters. The Morgan fingerprint density at radius 2 is 2.11 bits per heavy atom. The van der Waals surface area contributed by atoms with Crippen LogP contribution >= 0.6 is 15.9 Å². The van der Waals surface area contributed by atoms with Crippen LogP contribution < -0.4 is 10.2 Å². The number of carbonyl (C=O) groups is 1. The number of nitrogens with zero attached hydrogens (tertiary/aromatic N) is 1. The second kappa shape index (κ2) is 4.55. The summed E-state index contributed by atoms with van der Waals surface area (Å²) in [5, 5.41) is 3.31. The maximum atomic E-state index is 12.0. The van der Waals surface area contributed by atoms with Gasteiger partial charge in [0.15, 0.2) is 0 Å². The number of piperidine rings is 1. The van der Waals surface area contributed by atoms with E-state index >= 15 is 0 Å². The third kappa shape index (κ3) is 2.12. The number of rotatable bonds is 1. The third-order valence-corrected chi connectivity index (χ3v) is 4.07. The number of carbonyl (C=O) groups excluding carboxylic acids is 1. The molecule has 1 aromatic rings. The van der Waals surface area contributed by atoms with Crippen molar-refractivity contribution in [2.45, 2.75) is 18.4 Å². The van der Waals surface area contributed by atoms with Crippen LogP contribution in [0.15, 0.2) is 28.7 Å². The molecule has 0 aromatic heterocycles. The highest BCUT2D eigenvalue weighted by Gasteiger charge is 2.46. The molecule has 0 radical (unpaired) electrons. The smallest absolute Gasteiger partial charge is 0.415 e. The second-order valence-electron chi connectivity index (χ2n) is 4.89. The molecule has 1 N–H and O–H groups in total. The number of amides is 1. The van der Waals surface area contributed by atoms with E-state index in [-0.39, 0.29) is 11.7 Å². The predicted molar refractivity (Wildman–Crippen MR) is 72.8 cm³/mol. The Bertz CT molecular complexity index is 455. The minimum absolute atomic E-state index is 0.235. The van der Waals surface area contributed by atoms with Crippen LogP contribution in [0.2, 0.25) is 0 Å².